The van der Waals surface area contributed by atoms with Gasteiger partial charge in [0.15, 0.2) is 18.1 Å². The lowest BCUT2D eigenvalue weighted by Crippen LogP contribution is -2.24. The summed E-state index contributed by atoms with van der Waals surface area (Å²) in [6.45, 7) is 3.71. The van der Waals surface area contributed by atoms with Gasteiger partial charge in [0.05, 0.1) is 25.0 Å². The second-order valence-electron chi connectivity index (χ2n) is 6.83. The smallest absolute Gasteiger partial charge is 0.416 e. The topological polar surface area (TPSA) is 115 Å². The SMILES string of the molecule is CCOC(=O)COc1ccc(C=NNC(=O)CC(=O)Nc2cccc(C(F)(F)F)c2)cc1OCC. The number of hydrazone groups is 1. The normalized spacial score (nSPS) is 11.1. The minimum atomic E-state index is -4.56. The van der Waals surface area contributed by atoms with Crippen molar-refractivity contribution in [3.05, 3.63) is 53.6 Å². The van der Waals surface area contributed by atoms with Crippen molar-refractivity contribution in [2.24, 2.45) is 5.10 Å². The highest BCUT2D eigenvalue weighted by atomic mass is 19.4. The maximum atomic E-state index is 12.8. The number of anilines is 1. The molecule has 0 fully saturated rings. The van der Waals surface area contributed by atoms with Gasteiger partial charge < -0.3 is 19.5 Å². The predicted molar refractivity (Wildman–Crippen MR) is 120 cm³/mol. The highest BCUT2D eigenvalue weighted by Crippen LogP contribution is 2.30. The summed E-state index contributed by atoms with van der Waals surface area (Å²) >= 11 is 0. The Balaban J connectivity index is 1.91. The quantitative estimate of drug-likeness (QED) is 0.213. The monoisotopic (exact) mass is 495 g/mol. The van der Waals surface area contributed by atoms with E-state index in [4.69, 9.17) is 14.2 Å². The summed E-state index contributed by atoms with van der Waals surface area (Å²) in [5, 5.41) is 5.99. The molecule has 2 rings (SSSR count). The van der Waals surface area contributed by atoms with E-state index in [1.165, 1.54) is 12.3 Å². The van der Waals surface area contributed by atoms with Crippen molar-refractivity contribution in [1.82, 2.24) is 5.43 Å². The van der Waals surface area contributed by atoms with Crippen LogP contribution in [0.5, 0.6) is 11.5 Å². The van der Waals surface area contributed by atoms with Gasteiger partial charge in [-0.25, -0.2) is 10.2 Å². The number of carbonyl (C=O) groups excluding carboxylic acids is 3. The van der Waals surface area contributed by atoms with E-state index in [-0.39, 0.29) is 18.9 Å². The fraction of sp³-hybridized carbons (Fsp3) is 0.304. The molecule has 0 saturated heterocycles. The van der Waals surface area contributed by atoms with Crippen LogP contribution in [-0.4, -0.2) is 43.8 Å². The molecule has 2 aromatic rings. The number of nitrogens with zero attached hydrogens (tertiary/aromatic N) is 1. The zero-order chi connectivity index (χ0) is 25.8. The molecule has 0 aliphatic heterocycles. The van der Waals surface area contributed by atoms with Crippen LogP contribution in [-0.2, 0) is 25.3 Å². The number of hydrogen-bond acceptors (Lipinski definition) is 7. The number of amides is 2. The first-order chi connectivity index (χ1) is 16.6. The van der Waals surface area contributed by atoms with Crippen molar-refractivity contribution in [3.63, 3.8) is 0 Å². The Kier molecular flexibility index (Phi) is 10.1. The molecule has 9 nitrogen and oxygen atoms in total. The number of esters is 1. The van der Waals surface area contributed by atoms with E-state index in [1.54, 1.807) is 32.0 Å². The van der Waals surface area contributed by atoms with Crippen molar-refractivity contribution in [1.29, 1.82) is 0 Å². The Bertz CT molecular complexity index is 1070. The molecule has 2 aromatic carbocycles. The van der Waals surface area contributed by atoms with E-state index in [2.05, 4.69) is 15.8 Å². The first-order valence-corrected chi connectivity index (χ1v) is 10.5. The van der Waals surface area contributed by atoms with E-state index in [0.717, 1.165) is 18.2 Å². The molecule has 0 saturated carbocycles. The van der Waals surface area contributed by atoms with E-state index in [9.17, 15) is 27.6 Å². The van der Waals surface area contributed by atoms with Gasteiger partial charge in [-0.2, -0.15) is 18.3 Å². The molecular weight excluding hydrogens is 471 g/mol. The molecule has 0 spiro atoms. The highest BCUT2D eigenvalue weighted by molar-refractivity contribution is 6.03. The second-order valence-corrected chi connectivity index (χ2v) is 6.83. The van der Waals surface area contributed by atoms with Crippen LogP contribution in [0.1, 0.15) is 31.4 Å². The number of carbonyl (C=O) groups is 3. The van der Waals surface area contributed by atoms with Gasteiger partial charge in [0, 0.05) is 5.69 Å². The number of hydrogen-bond donors (Lipinski definition) is 2. The number of halogens is 3. The molecule has 0 aliphatic rings. The molecule has 0 atom stereocenters. The van der Waals surface area contributed by atoms with Gasteiger partial charge in [-0.05, 0) is 55.8 Å². The Morgan fingerprint density at radius 3 is 2.43 bits per heavy atom. The average Bonchev–Trinajstić information content (AvgIpc) is 2.78. The molecule has 0 aliphatic carbocycles. The molecule has 188 valence electrons. The summed E-state index contributed by atoms with van der Waals surface area (Å²) in [6.07, 6.45) is -3.92. The van der Waals surface area contributed by atoms with Gasteiger partial charge in [0.25, 0.3) is 0 Å². The predicted octanol–water partition coefficient (Wildman–Crippen LogP) is 3.52. The van der Waals surface area contributed by atoms with Gasteiger partial charge in [-0.3, -0.25) is 9.59 Å². The molecule has 0 radical (unpaired) electrons. The first-order valence-electron chi connectivity index (χ1n) is 10.5. The summed E-state index contributed by atoms with van der Waals surface area (Å²) in [5.74, 6) is -1.45. The summed E-state index contributed by atoms with van der Waals surface area (Å²) in [7, 11) is 0. The average molecular weight is 495 g/mol. The van der Waals surface area contributed by atoms with Gasteiger partial charge in [-0.1, -0.05) is 6.07 Å². The van der Waals surface area contributed by atoms with Gasteiger partial charge in [-0.15, -0.1) is 0 Å². The summed E-state index contributed by atoms with van der Waals surface area (Å²) in [5.41, 5.74) is 1.67. The van der Waals surface area contributed by atoms with Crippen LogP contribution in [0.15, 0.2) is 47.6 Å². The zero-order valence-corrected chi connectivity index (χ0v) is 19.0. The van der Waals surface area contributed by atoms with Crippen molar-refractivity contribution in [2.45, 2.75) is 26.4 Å². The number of benzene rings is 2. The van der Waals surface area contributed by atoms with Gasteiger partial charge in [0.2, 0.25) is 11.8 Å². The first kappa shape index (κ1) is 27.2. The second kappa shape index (κ2) is 13.0. The number of rotatable bonds is 11. The van der Waals surface area contributed by atoms with E-state index in [0.29, 0.717) is 23.7 Å². The Morgan fingerprint density at radius 2 is 1.74 bits per heavy atom. The maximum Gasteiger partial charge on any atom is 0.416 e. The van der Waals surface area contributed by atoms with Crippen molar-refractivity contribution in [3.8, 4) is 11.5 Å². The van der Waals surface area contributed by atoms with Crippen LogP contribution in [0, 0.1) is 0 Å². The molecular formula is C23H24F3N3O6. The Morgan fingerprint density at radius 1 is 0.971 bits per heavy atom. The van der Waals surface area contributed by atoms with Gasteiger partial charge >= 0.3 is 12.1 Å². The fourth-order valence-corrected chi connectivity index (χ4v) is 2.67. The third-order valence-corrected chi connectivity index (χ3v) is 4.12. The Labute approximate surface area is 199 Å². The van der Waals surface area contributed by atoms with Crippen LogP contribution >= 0.6 is 0 Å². The maximum absolute atomic E-state index is 12.8. The fourth-order valence-electron chi connectivity index (χ4n) is 2.67. The summed E-state index contributed by atoms with van der Waals surface area (Å²) < 4.78 is 54.0. The number of alkyl halides is 3. The highest BCUT2D eigenvalue weighted by Gasteiger charge is 2.30. The molecule has 2 N–H and O–H groups in total. The molecule has 0 aromatic heterocycles. The molecule has 2 amide bonds. The molecule has 12 heteroatoms. The van der Waals surface area contributed by atoms with Crippen molar-refractivity contribution < 1.29 is 41.8 Å². The minimum Gasteiger partial charge on any atom is -0.490 e. The third-order valence-electron chi connectivity index (χ3n) is 4.12. The number of ether oxygens (including phenoxy) is 3. The molecule has 0 heterocycles. The van der Waals surface area contributed by atoms with Gasteiger partial charge in [0.1, 0.15) is 6.42 Å². The van der Waals surface area contributed by atoms with Crippen molar-refractivity contribution >= 4 is 29.7 Å². The van der Waals surface area contributed by atoms with Crippen LogP contribution < -0.4 is 20.2 Å². The third kappa shape index (κ3) is 9.35. The van der Waals surface area contributed by atoms with Crippen LogP contribution in [0.2, 0.25) is 0 Å². The van der Waals surface area contributed by atoms with Crippen LogP contribution in [0.3, 0.4) is 0 Å². The largest absolute Gasteiger partial charge is 0.490 e. The lowest BCUT2D eigenvalue weighted by Gasteiger charge is -2.12. The minimum absolute atomic E-state index is 0.0881. The molecule has 35 heavy (non-hydrogen) atoms. The standard InChI is InChI=1S/C23H24F3N3O6/c1-3-33-19-10-15(8-9-18(19)35-14-22(32)34-4-2)13-27-29-21(31)12-20(30)28-17-7-5-6-16(11-17)23(24,25)26/h5-11,13H,3-4,12,14H2,1-2H3,(H,28,30)(H,29,31). The summed E-state index contributed by atoms with van der Waals surface area (Å²) in [4.78, 5) is 35.4. The van der Waals surface area contributed by atoms with E-state index < -0.39 is 35.9 Å². The van der Waals surface area contributed by atoms with E-state index >= 15 is 0 Å². The zero-order valence-electron chi connectivity index (χ0n) is 19.0. The lowest BCUT2D eigenvalue weighted by atomic mass is 10.2. The van der Waals surface area contributed by atoms with Crippen molar-refractivity contribution in [2.75, 3.05) is 25.1 Å². The molecule has 0 bridgehead atoms. The number of nitrogens with one attached hydrogen (secondary N) is 2. The lowest BCUT2D eigenvalue weighted by molar-refractivity contribution is -0.145. The Hall–Kier alpha value is -4.09. The van der Waals surface area contributed by atoms with Crippen LogP contribution in [0.25, 0.3) is 0 Å². The summed E-state index contributed by atoms with van der Waals surface area (Å²) in [6, 6.07) is 8.78. The van der Waals surface area contributed by atoms with Crippen LogP contribution in [0.4, 0.5) is 18.9 Å². The van der Waals surface area contributed by atoms with E-state index in [1.807, 2.05) is 0 Å². The molecule has 0 unspecified atom stereocenters.